The van der Waals surface area contributed by atoms with Crippen molar-refractivity contribution in [1.29, 1.82) is 0 Å². The van der Waals surface area contributed by atoms with Crippen molar-refractivity contribution < 1.29 is 35.2 Å². The van der Waals surface area contributed by atoms with Crippen LogP contribution in [0.4, 0.5) is 22.0 Å². The van der Waals surface area contributed by atoms with Crippen molar-refractivity contribution in [3.8, 4) is 0 Å². The van der Waals surface area contributed by atoms with Gasteiger partial charge in [-0.25, -0.2) is 22.0 Å². The van der Waals surface area contributed by atoms with Crippen LogP contribution in [0.15, 0.2) is 0 Å². The van der Waals surface area contributed by atoms with E-state index in [1.54, 1.807) is 13.8 Å². The third-order valence-electron chi connectivity index (χ3n) is 3.25. The largest absolute Gasteiger partial charge is 0.500 e. The van der Waals surface area contributed by atoms with Crippen molar-refractivity contribution in [2.24, 2.45) is 0 Å². The maximum atomic E-state index is 13.6. The zero-order valence-corrected chi connectivity index (χ0v) is 14.3. The number of hydrogen-bond donors (Lipinski definition) is 0. The molecule has 9 heteroatoms. The van der Waals surface area contributed by atoms with E-state index in [9.17, 15) is 22.0 Å². The fourth-order valence-corrected chi connectivity index (χ4v) is 4.37. The second-order valence-electron chi connectivity index (χ2n) is 5.16. The number of rotatable bonds is 8. The Kier molecular flexibility index (Phi) is 7.12. The summed E-state index contributed by atoms with van der Waals surface area (Å²) in [4.78, 5) is 0. The number of hydrogen-bond acceptors (Lipinski definition) is 3. The average molecular weight is 358 g/mol. The number of halogens is 5. The maximum Gasteiger partial charge on any atom is 0.500 e. The van der Waals surface area contributed by atoms with Crippen molar-refractivity contribution in [2.75, 3.05) is 14.2 Å². The average Bonchev–Trinajstić information content (AvgIpc) is 2.52. The van der Waals surface area contributed by atoms with Gasteiger partial charge in [0.15, 0.2) is 23.3 Å². The van der Waals surface area contributed by atoms with Crippen LogP contribution < -0.4 is 0 Å². The van der Waals surface area contributed by atoms with Gasteiger partial charge in [0, 0.05) is 31.9 Å². The van der Waals surface area contributed by atoms with E-state index in [2.05, 4.69) is 0 Å². The molecule has 0 heterocycles. The van der Waals surface area contributed by atoms with Gasteiger partial charge in [0.1, 0.15) is 0 Å². The van der Waals surface area contributed by atoms with Crippen LogP contribution in [0.5, 0.6) is 0 Å². The van der Waals surface area contributed by atoms with E-state index >= 15 is 0 Å². The second kappa shape index (κ2) is 8.18. The third kappa shape index (κ3) is 4.49. The Hall–Kier alpha value is -1.03. The molecule has 0 fully saturated rings. The van der Waals surface area contributed by atoms with Gasteiger partial charge < -0.3 is 13.3 Å². The van der Waals surface area contributed by atoms with E-state index in [4.69, 9.17) is 13.3 Å². The highest BCUT2D eigenvalue weighted by atomic mass is 28.4. The van der Waals surface area contributed by atoms with E-state index in [1.807, 2.05) is 0 Å². The minimum absolute atomic E-state index is 0.0823. The summed E-state index contributed by atoms with van der Waals surface area (Å²) < 4.78 is 82.6. The molecule has 0 saturated carbocycles. The second-order valence-corrected chi connectivity index (χ2v) is 8.08. The predicted molar refractivity (Wildman–Crippen MR) is 75.4 cm³/mol. The summed E-state index contributed by atoms with van der Waals surface area (Å²) in [6.45, 7) is 3.54. The van der Waals surface area contributed by atoms with Crippen LogP contribution in [0, 0.1) is 29.1 Å². The Bertz CT molecular complexity index is 521. The predicted octanol–water partition coefficient (Wildman–Crippen LogP) is 3.97. The SMILES string of the molecule is CO[Si](CCCc1c(F)c(F)c(F)c(F)c1F)(OC)OC(C)C. The Balaban J connectivity index is 2.90. The summed E-state index contributed by atoms with van der Waals surface area (Å²) in [5, 5.41) is 0. The molecule has 3 nitrogen and oxygen atoms in total. The fraction of sp³-hybridized carbons (Fsp3) is 0.571. The Morgan fingerprint density at radius 2 is 1.26 bits per heavy atom. The van der Waals surface area contributed by atoms with E-state index in [0.717, 1.165) is 0 Å². The molecule has 0 unspecified atom stereocenters. The first kappa shape index (κ1) is 20.0. The van der Waals surface area contributed by atoms with Crippen LogP contribution >= 0.6 is 0 Å². The Morgan fingerprint density at radius 3 is 1.65 bits per heavy atom. The number of benzene rings is 1. The van der Waals surface area contributed by atoms with Gasteiger partial charge >= 0.3 is 8.80 Å². The van der Waals surface area contributed by atoms with Crippen molar-refractivity contribution >= 4 is 8.80 Å². The smallest absolute Gasteiger partial charge is 0.377 e. The lowest BCUT2D eigenvalue weighted by Gasteiger charge is -2.28. The van der Waals surface area contributed by atoms with Crippen LogP contribution in [-0.2, 0) is 19.7 Å². The van der Waals surface area contributed by atoms with Gasteiger partial charge in [-0.15, -0.1) is 0 Å². The van der Waals surface area contributed by atoms with Gasteiger partial charge in [-0.1, -0.05) is 0 Å². The molecule has 0 aliphatic rings. The van der Waals surface area contributed by atoms with E-state index in [0.29, 0.717) is 0 Å². The monoisotopic (exact) mass is 358 g/mol. The zero-order valence-electron chi connectivity index (χ0n) is 13.3. The van der Waals surface area contributed by atoms with Gasteiger partial charge in [-0.2, -0.15) is 0 Å². The first-order chi connectivity index (χ1) is 10.7. The highest BCUT2D eigenvalue weighted by Crippen LogP contribution is 2.26. The summed E-state index contributed by atoms with van der Waals surface area (Å²) >= 11 is 0. The zero-order chi connectivity index (χ0) is 17.8. The van der Waals surface area contributed by atoms with Crippen LogP contribution in [0.2, 0.25) is 6.04 Å². The van der Waals surface area contributed by atoms with Crippen molar-refractivity contribution in [3.63, 3.8) is 0 Å². The van der Waals surface area contributed by atoms with E-state index in [1.165, 1.54) is 14.2 Å². The Labute approximate surface area is 132 Å². The van der Waals surface area contributed by atoms with Gasteiger partial charge in [-0.3, -0.25) is 0 Å². The van der Waals surface area contributed by atoms with Crippen molar-refractivity contribution in [3.05, 3.63) is 34.6 Å². The van der Waals surface area contributed by atoms with Crippen molar-refractivity contribution in [2.45, 2.75) is 38.8 Å². The molecule has 0 spiro atoms. The molecular weight excluding hydrogens is 339 g/mol. The summed E-state index contributed by atoms with van der Waals surface area (Å²) in [5.74, 6) is -9.68. The molecular formula is C14H19F5O3Si. The van der Waals surface area contributed by atoms with Gasteiger partial charge in [0.05, 0.1) is 0 Å². The van der Waals surface area contributed by atoms with Crippen LogP contribution in [0.1, 0.15) is 25.8 Å². The molecule has 0 saturated heterocycles. The molecule has 0 aliphatic heterocycles. The minimum atomic E-state index is -3.04. The first-order valence-electron chi connectivity index (χ1n) is 6.97. The minimum Gasteiger partial charge on any atom is -0.377 e. The topological polar surface area (TPSA) is 27.7 Å². The van der Waals surface area contributed by atoms with Crippen LogP contribution in [0.3, 0.4) is 0 Å². The third-order valence-corrected chi connectivity index (χ3v) is 6.29. The summed E-state index contributed by atoms with van der Waals surface area (Å²) in [6, 6.07) is 0.178. The quantitative estimate of drug-likeness (QED) is 0.305. The molecule has 1 rings (SSSR count). The molecule has 0 aromatic heterocycles. The fourth-order valence-electron chi connectivity index (χ4n) is 2.15. The molecule has 23 heavy (non-hydrogen) atoms. The molecule has 0 radical (unpaired) electrons. The molecule has 0 N–H and O–H groups in total. The van der Waals surface area contributed by atoms with Crippen LogP contribution in [-0.4, -0.2) is 29.1 Å². The molecule has 0 aliphatic carbocycles. The van der Waals surface area contributed by atoms with Gasteiger partial charge in [0.2, 0.25) is 5.82 Å². The maximum absolute atomic E-state index is 13.6. The molecule has 132 valence electrons. The van der Waals surface area contributed by atoms with Gasteiger partial charge in [-0.05, 0) is 26.7 Å². The molecule has 1 aromatic carbocycles. The van der Waals surface area contributed by atoms with E-state index in [-0.39, 0.29) is 25.0 Å². The molecule has 0 bridgehead atoms. The van der Waals surface area contributed by atoms with E-state index < -0.39 is 43.5 Å². The lowest BCUT2D eigenvalue weighted by atomic mass is 10.1. The summed E-state index contributed by atoms with van der Waals surface area (Å²) in [6.07, 6.45) is -0.469. The first-order valence-corrected chi connectivity index (χ1v) is 8.90. The lowest BCUT2D eigenvalue weighted by Crippen LogP contribution is -2.45. The Morgan fingerprint density at radius 1 is 0.826 bits per heavy atom. The standard InChI is InChI=1S/C14H19F5O3Si/c1-8(2)22-23(20-3,21-4)7-5-6-9-10(15)12(17)14(19)13(18)11(9)16/h8H,5-7H2,1-4H3. The van der Waals surface area contributed by atoms with Crippen molar-refractivity contribution in [1.82, 2.24) is 0 Å². The lowest BCUT2D eigenvalue weighted by molar-refractivity contribution is 0.0695. The summed E-state index contributed by atoms with van der Waals surface area (Å²) in [7, 11) is -0.269. The molecule has 1 aromatic rings. The molecule has 0 atom stereocenters. The molecule has 0 amide bonds. The van der Waals surface area contributed by atoms with Crippen LogP contribution in [0.25, 0.3) is 0 Å². The highest BCUT2D eigenvalue weighted by Gasteiger charge is 2.39. The normalized spacial score (nSPS) is 12.3. The van der Waals surface area contributed by atoms with Gasteiger partial charge in [0.25, 0.3) is 0 Å². The summed E-state index contributed by atoms with van der Waals surface area (Å²) in [5.41, 5.74) is -0.846. The highest BCUT2D eigenvalue weighted by molar-refractivity contribution is 6.60.